The van der Waals surface area contributed by atoms with Crippen molar-refractivity contribution in [3.63, 3.8) is 0 Å². The molecule has 0 saturated heterocycles. The molecule has 0 amide bonds. The van der Waals surface area contributed by atoms with Gasteiger partial charge in [-0.3, -0.25) is 4.79 Å². The summed E-state index contributed by atoms with van der Waals surface area (Å²) in [4.78, 5) is 12.2. The quantitative estimate of drug-likeness (QED) is 0.0382. The third-order valence-corrected chi connectivity index (χ3v) is 8.97. The molecule has 1 unspecified atom stereocenters. The van der Waals surface area contributed by atoms with Crippen LogP contribution in [0.15, 0.2) is 134 Å². The summed E-state index contributed by atoms with van der Waals surface area (Å²) in [5, 5.41) is 9.62. The lowest BCUT2D eigenvalue weighted by molar-refractivity contribution is -0.154. The van der Waals surface area contributed by atoms with E-state index in [1.165, 1.54) is 44.9 Å². The van der Waals surface area contributed by atoms with Gasteiger partial charge in [0.1, 0.15) is 6.10 Å². The lowest BCUT2D eigenvalue weighted by Gasteiger charge is -2.15. The van der Waals surface area contributed by atoms with Crippen LogP contribution in [0, 0.1) is 0 Å². The molecule has 0 fully saturated rings. The van der Waals surface area contributed by atoms with Crippen LogP contribution in [0.25, 0.3) is 0 Å². The van der Waals surface area contributed by atoms with Gasteiger partial charge in [0, 0.05) is 13.0 Å². The molecule has 1 N–H and O–H groups in total. The van der Waals surface area contributed by atoms with Crippen molar-refractivity contribution in [3.05, 3.63) is 134 Å². The molecular formula is C53H84O4. The normalized spacial score (nSPS) is 13.7. The number of aliphatic hydroxyl groups is 1. The highest BCUT2D eigenvalue weighted by atomic mass is 16.6. The fourth-order valence-electron chi connectivity index (χ4n) is 5.65. The third kappa shape index (κ3) is 46.8. The van der Waals surface area contributed by atoms with Crippen molar-refractivity contribution < 1.29 is 19.4 Å². The highest BCUT2D eigenvalue weighted by molar-refractivity contribution is 5.69. The van der Waals surface area contributed by atoms with Gasteiger partial charge in [-0.25, -0.2) is 0 Å². The molecule has 0 aliphatic carbocycles. The van der Waals surface area contributed by atoms with Crippen LogP contribution in [-0.2, 0) is 14.3 Å². The second-order valence-corrected chi connectivity index (χ2v) is 14.4. The van der Waals surface area contributed by atoms with Crippen LogP contribution in [0.3, 0.4) is 0 Å². The Balaban J connectivity index is 3.60. The largest absolute Gasteiger partial charge is 0.457 e. The molecule has 0 heterocycles. The highest BCUT2D eigenvalue weighted by Gasteiger charge is 2.13. The molecule has 4 nitrogen and oxygen atoms in total. The van der Waals surface area contributed by atoms with Crippen molar-refractivity contribution in [1.82, 2.24) is 0 Å². The van der Waals surface area contributed by atoms with E-state index in [1.54, 1.807) is 0 Å². The third-order valence-electron chi connectivity index (χ3n) is 8.97. The maximum absolute atomic E-state index is 12.2. The number of carbonyl (C=O) groups is 1. The van der Waals surface area contributed by atoms with Crippen molar-refractivity contribution in [2.75, 3.05) is 19.8 Å². The van der Waals surface area contributed by atoms with Crippen LogP contribution >= 0.6 is 0 Å². The molecule has 0 bridgehead atoms. The first-order chi connectivity index (χ1) is 28.2. The van der Waals surface area contributed by atoms with E-state index in [1.807, 2.05) is 0 Å². The Bertz CT molecular complexity index is 1190. The van der Waals surface area contributed by atoms with Gasteiger partial charge < -0.3 is 14.6 Å². The van der Waals surface area contributed by atoms with E-state index in [0.717, 1.165) is 103 Å². The minimum absolute atomic E-state index is 0.203. The molecule has 57 heavy (non-hydrogen) atoms. The second-order valence-electron chi connectivity index (χ2n) is 14.4. The first kappa shape index (κ1) is 53.5. The summed E-state index contributed by atoms with van der Waals surface area (Å²) in [7, 11) is 0. The molecule has 0 saturated carbocycles. The Kier molecular flexibility index (Phi) is 45.7. The molecule has 1 atom stereocenters. The predicted octanol–water partition coefficient (Wildman–Crippen LogP) is 15.4. The van der Waals surface area contributed by atoms with E-state index in [2.05, 4.69) is 148 Å². The van der Waals surface area contributed by atoms with Crippen LogP contribution in [0.5, 0.6) is 0 Å². The first-order valence-electron chi connectivity index (χ1n) is 22.8. The Morgan fingerprint density at radius 3 is 1.11 bits per heavy atom. The zero-order valence-electron chi connectivity index (χ0n) is 36.5. The fraction of sp³-hybridized carbons (Fsp3) is 0.566. The Morgan fingerprint density at radius 1 is 0.421 bits per heavy atom. The van der Waals surface area contributed by atoms with Crippen molar-refractivity contribution >= 4 is 5.97 Å². The molecule has 0 aromatic heterocycles. The van der Waals surface area contributed by atoms with Gasteiger partial charge >= 0.3 is 5.97 Å². The van der Waals surface area contributed by atoms with Gasteiger partial charge in [0.2, 0.25) is 0 Å². The van der Waals surface area contributed by atoms with Gasteiger partial charge in [-0.2, -0.15) is 0 Å². The van der Waals surface area contributed by atoms with Gasteiger partial charge in [-0.05, 0) is 109 Å². The van der Waals surface area contributed by atoms with E-state index in [9.17, 15) is 9.90 Å². The molecule has 4 heteroatoms. The van der Waals surface area contributed by atoms with Crippen LogP contribution in [0.4, 0.5) is 0 Å². The van der Waals surface area contributed by atoms with Gasteiger partial charge in [0.15, 0.2) is 0 Å². The van der Waals surface area contributed by atoms with Crippen molar-refractivity contribution in [3.8, 4) is 0 Å². The zero-order valence-corrected chi connectivity index (χ0v) is 36.5. The summed E-state index contributed by atoms with van der Waals surface area (Å²) < 4.78 is 11.1. The van der Waals surface area contributed by atoms with Gasteiger partial charge in [-0.15, -0.1) is 0 Å². The number of aliphatic hydroxyl groups excluding tert-OH is 1. The lowest BCUT2D eigenvalue weighted by Crippen LogP contribution is -2.27. The number of carbonyl (C=O) groups excluding carboxylic acids is 1. The van der Waals surface area contributed by atoms with Crippen LogP contribution in [-0.4, -0.2) is 37.0 Å². The van der Waals surface area contributed by atoms with Crippen LogP contribution in [0.1, 0.15) is 168 Å². The van der Waals surface area contributed by atoms with Crippen molar-refractivity contribution in [2.45, 2.75) is 174 Å². The molecule has 0 aliphatic heterocycles. The molecule has 0 aromatic carbocycles. The summed E-state index contributed by atoms with van der Waals surface area (Å²) in [5.41, 5.74) is 0. The Labute approximate surface area is 351 Å². The minimum atomic E-state index is -0.574. The van der Waals surface area contributed by atoms with E-state index in [-0.39, 0.29) is 19.2 Å². The topological polar surface area (TPSA) is 55.8 Å². The summed E-state index contributed by atoms with van der Waals surface area (Å²) in [5.74, 6) is -0.252. The van der Waals surface area contributed by atoms with E-state index < -0.39 is 6.10 Å². The number of allylic oxidation sites excluding steroid dienone is 22. The molecule has 320 valence electrons. The van der Waals surface area contributed by atoms with E-state index >= 15 is 0 Å². The molecule has 0 rings (SSSR count). The number of unbranched alkanes of at least 4 members (excludes halogenated alkanes) is 10. The SMILES string of the molecule is CC/C=C\C/C=C\C/C=C\C/C=C\C/C=C\C/C=C\CCCCC(=O)OC(CO)COCCCCCCCCCC/C=C\C/C=C\C/C=C\C/C=C\C/C=C\CC. The van der Waals surface area contributed by atoms with Gasteiger partial charge in [0.05, 0.1) is 13.2 Å². The average molecular weight is 785 g/mol. The minimum Gasteiger partial charge on any atom is -0.457 e. The molecule has 0 aliphatic rings. The summed E-state index contributed by atoms with van der Waals surface area (Å²) in [6.07, 6.45) is 73.7. The Morgan fingerprint density at radius 2 is 0.737 bits per heavy atom. The summed E-state index contributed by atoms with van der Waals surface area (Å²) >= 11 is 0. The first-order valence-corrected chi connectivity index (χ1v) is 22.8. The Hall–Kier alpha value is -3.47. The smallest absolute Gasteiger partial charge is 0.306 e. The zero-order chi connectivity index (χ0) is 41.2. The van der Waals surface area contributed by atoms with E-state index in [0.29, 0.717) is 13.0 Å². The average Bonchev–Trinajstić information content (AvgIpc) is 3.22. The highest BCUT2D eigenvalue weighted by Crippen LogP contribution is 2.11. The number of hydrogen-bond donors (Lipinski definition) is 1. The van der Waals surface area contributed by atoms with Gasteiger partial charge in [-0.1, -0.05) is 186 Å². The van der Waals surface area contributed by atoms with Crippen LogP contribution in [0.2, 0.25) is 0 Å². The summed E-state index contributed by atoms with van der Waals surface area (Å²) in [6, 6.07) is 0. The monoisotopic (exact) mass is 785 g/mol. The molecular weight excluding hydrogens is 701 g/mol. The fourth-order valence-corrected chi connectivity index (χ4v) is 5.65. The maximum atomic E-state index is 12.2. The maximum Gasteiger partial charge on any atom is 0.306 e. The summed E-state index contributed by atoms with van der Waals surface area (Å²) in [6.45, 7) is 5.03. The van der Waals surface area contributed by atoms with Gasteiger partial charge in [0.25, 0.3) is 0 Å². The van der Waals surface area contributed by atoms with Crippen molar-refractivity contribution in [2.24, 2.45) is 0 Å². The molecule has 0 radical (unpaired) electrons. The van der Waals surface area contributed by atoms with Crippen LogP contribution < -0.4 is 0 Å². The number of ether oxygens (including phenoxy) is 2. The van der Waals surface area contributed by atoms with E-state index in [4.69, 9.17) is 9.47 Å². The number of esters is 1. The molecule has 0 spiro atoms. The second kappa shape index (κ2) is 48.7. The van der Waals surface area contributed by atoms with Crippen molar-refractivity contribution in [1.29, 1.82) is 0 Å². The standard InChI is InChI=1S/C53H84O4/c1-3-5-7-9-11-13-15-17-19-21-23-25-26-27-29-31-33-35-37-39-41-43-45-47-49-56-51-52(50-54)57-53(55)48-46-44-42-40-38-36-34-32-30-28-24-22-20-18-16-14-12-10-8-6-4-2/h5-8,11-14,17-20,23-25,27-29,32,34,38,40,52,54H,3-4,9-10,15-16,21-22,26,30-31,33,35-37,39,41-51H2,1-2H3/b7-5-,8-6-,13-11-,14-12-,19-17-,20-18-,25-23-,28-24-,29-27-,34-32-,40-38-. The molecule has 0 aromatic rings. The predicted molar refractivity (Wildman–Crippen MR) is 250 cm³/mol. The lowest BCUT2D eigenvalue weighted by atomic mass is 10.1. The number of hydrogen-bond acceptors (Lipinski definition) is 4. The number of rotatable bonds is 40.